The van der Waals surface area contributed by atoms with E-state index < -0.39 is 21.7 Å². The highest BCUT2D eigenvalue weighted by Crippen LogP contribution is 2.10. The van der Waals surface area contributed by atoms with Gasteiger partial charge in [0, 0.05) is 11.3 Å². The number of anilines is 1. The fourth-order valence-corrected chi connectivity index (χ4v) is 1.89. The van der Waals surface area contributed by atoms with Gasteiger partial charge in [0.25, 0.3) is 0 Å². The number of aliphatic carboxylic acids is 1. The van der Waals surface area contributed by atoms with Gasteiger partial charge < -0.3 is 5.11 Å². The topological polar surface area (TPSA) is 83.5 Å². The first kappa shape index (κ1) is 12.1. The van der Waals surface area contributed by atoms with Crippen molar-refractivity contribution in [1.82, 2.24) is 0 Å². The molecular weight excluding hydrogens is 230 g/mol. The molecule has 0 aliphatic heterocycles. The largest absolute Gasteiger partial charge is 0.480 e. The number of carboxylic acids is 1. The summed E-state index contributed by atoms with van der Waals surface area (Å²) in [6.45, 7) is 0. The summed E-state index contributed by atoms with van der Waals surface area (Å²) in [4.78, 5) is 10.3. The Hall–Kier alpha value is -2.00. The van der Waals surface area contributed by atoms with Crippen LogP contribution in [-0.2, 0) is 14.8 Å². The predicted octanol–water partition coefficient (Wildman–Crippen LogP) is 0.451. The van der Waals surface area contributed by atoms with Crippen LogP contribution in [0.2, 0.25) is 0 Å². The van der Waals surface area contributed by atoms with Gasteiger partial charge in [-0.15, -0.1) is 0 Å². The van der Waals surface area contributed by atoms with Gasteiger partial charge in [-0.05, 0) is 30.7 Å². The molecule has 5 nitrogen and oxygen atoms in total. The molecule has 16 heavy (non-hydrogen) atoms. The lowest BCUT2D eigenvalue weighted by atomic mass is 10.2. The third-order valence-electron chi connectivity index (χ3n) is 1.62. The van der Waals surface area contributed by atoms with Gasteiger partial charge >= 0.3 is 5.97 Å². The van der Waals surface area contributed by atoms with E-state index in [2.05, 4.69) is 10.6 Å². The summed E-state index contributed by atoms with van der Waals surface area (Å²) >= 11 is 0. The molecule has 0 unspecified atom stereocenters. The van der Waals surface area contributed by atoms with Gasteiger partial charge in [0.1, 0.15) is 0 Å². The first-order chi connectivity index (χ1) is 7.43. The Kier molecular flexibility index (Phi) is 3.53. The van der Waals surface area contributed by atoms with E-state index in [-0.39, 0.29) is 5.69 Å². The summed E-state index contributed by atoms with van der Waals surface area (Å²) in [6.07, 6.45) is 6.82. The Balaban J connectivity index is 2.81. The maximum Gasteiger partial charge on any atom is 0.320 e. The van der Waals surface area contributed by atoms with Gasteiger partial charge in [0.2, 0.25) is 10.0 Å². The van der Waals surface area contributed by atoms with E-state index >= 15 is 0 Å². The Morgan fingerprint density at radius 3 is 2.38 bits per heavy atom. The van der Waals surface area contributed by atoms with Gasteiger partial charge in [-0.3, -0.25) is 9.52 Å². The molecule has 83 valence electrons. The Morgan fingerprint density at radius 2 is 1.94 bits per heavy atom. The zero-order valence-corrected chi connectivity index (χ0v) is 8.91. The second-order valence-corrected chi connectivity index (χ2v) is 4.68. The average molecular weight is 238 g/mol. The highest BCUT2D eigenvalue weighted by atomic mass is 32.2. The fraction of sp³-hybridized carbons (Fsp3) is 0.100. The summed E-state index contributed by atoms with van der Waals surface area (Å²) in [5.41, 5.74) is 0.751. The maximum atomic E-state index is 11.2. The van der Waals surface area contributed by atoms with E-state index in [0.29, 0.717) is 5.56 Å². The van der Waals surface area contributed by atoms with Gasteiger partial charge in [0.05, 0.1) is 0 Å². The first-order valence-corrected chi connectivity index (χ1v) is 5.83. The maximum absolute atomic E-state index is 11.2. The SMILES string of the molecule is [C]#Cc1ccc(NS(=O)(=O)CC(=O)O)cc1. The fourth-order valence-electron chi connectivity index (χ4n) is 1.000. The van der Waals surface area contributed by atoms with Crippen molar-refractivity contribution in [1.29, 1.82) is 0 Å². The molecule has 0 heterocycles. The number of benzene rings is 1. The predicted molar refractivity (Wildman–Crippen MR) is 57.7 cm³/mol. The Bertz CT molecular complexity index is 525. The smallest absolute Gasteiger partial charge is 0.320 e. The molecule has 6 heteroatoms. The second kappa shape index (κ2) is 4.68. The molecule has 0 aliphatic rings. The standard InChI is InChI=1S/C10H8NO4S/c1-2-8-3-5-9(6-4-8)11-16(14,15)7-10(12)13/h3-6,11H,7H2,(H,12,13). The molecule has 0 aliphatic carbocycles. The summed E-state index contributed by atoms with van der Waals surface area (Å²) in [5, 5.41) is 8.36. The van der Waals surface area contributed by atoms with Crippen LogP contribution < -0.4 is 4.72 Å². The quantitative estimate of drug-likeness (QED) is 0.746. The van der Waals surface area contributed by atoms with Crippen molar-refractivity contribution in [2.45, 2.75) is 0 Å². The Morgan fingerprint density at radius 1 is 1.38 bits per heavy atom. The van der Waals surface area contributed by atoms with Gasteiger partial charge in [-0.1, -0.05) is 5.92 Å². The Labute approximate surface area is 93.2 Å². The van der Waals surface area contributed by atoms with Crippen LogP contribution in [0.3, 0.4) is 0 Å². The van der Waals surface area contributed by atoms with Crippen LogP contribution >= 0.6 is 0 Å². The second-order valence-electron chi connectivity index (χ2n) is 2.96. The van der Waals surface area contributed by atoms with Gasteiger partial charge in [-0.2, -0.15) is 0 Å². The number of nitrogens with one attached hydrogen (secondary N) is 1. The van der Waals surface area contributed by atoms with Crippen molar-refractivity contribution in [2.24, 2.45) is 0 Å². The molecule has 0 fully saturated rings. The molecule has 0 amide bonds. The van der Waals surface area contributed by atoms with Crippen molar-refractivity contribution in [3.8, 4) is 5.92 Å². The number of carbonyl (C=O) groups is 1. The third kappa shape index (κ3) is 3.63. The van der Waals surface area contributed by atoms with Crippen LogP contribution in [0, 0.1) is 12.3 Å². The number of rotatable bonds is 4. The highest BCUT2D eigenvalue weighted by molar-refractivity contribution is 7.93. The summed E-state index contributed by atoms with van der Waals surface area (Å²) < 4.78 is 24.5. The van der Waals surface area contributed by atoms with Crippen molar-refractivity contribution in [2.75, 3.05) is 10.5 Å². The zero-order valence-electron chi connectivity index (χ0n) is 8.10. The van der Waals surface area contributed by atoms with E-state index in [1.807, 2.05) is 0 Å². The van der Waals surface area contributed by atoms with Crippen molar-refractivity contribution >= 4 is 21.7 Å². The minimum absolute atomic E-state index is 0.250. The molecule has 0 atom stereocenters. The van der Waals surface area contributed by atoms with E-state index in [9.17, 15) is 13.2 Å². The molecule has 1 aromatic carbocycles. The van der Waals surface area contributed by atoms with E-state index in [4.69, 9.17) is 11.5 Å². The highest BCUT2D eigenvalue weighted by Gasteiger charge is 2.15. The molecule has 1 radical (unpaired) electrons. The van der Waals surface area contributed by atoms with Crippen molar-refractivity contribution in [3.05, 3.63) is 36.3 Å². The summed E-state index contributed by atoms with van der Waals surface area (Å²) in [7, 11) is -3.87. The monoisotopic (exact) mass is 238 g/mol. The van der Waals surface area contributed by atoms with Crippen molar-refractivity contribution < 1.29 is 18.3 Å². The third-order valence-corrected chi connectivity index (χ3v) is 2.79. The van der Waals surface area contributed by atoms with Gasteiger partial charge in [0.15, 0.2) is 5.75 Å². The van der Waals surface area contributed by atoms with Crippen LogP contribution in [-0.4, -0.2) is 25.2 Å². The molecule has 0 aromatic heterocycles. The molecule has 1 aromatic rings. The van der Waals surface area contributed by atoms with Crippen LogP contribution in [0.15, 0.2) is 24.3 Å². The molecule has 0 bridgehead atoms. The van der Waals surface area contributed by atoms with Gasteiger partial charge in [-0.25, -0.2) is 8.42 Å². The average Bonchev–Trinajstić information content (AvgIpc) is 2.16. The lowest BCUT2D eigenvalue weighted by molar-refractivity contribution is -0.134. The molecular formula is C10H8NO4S. The number of hydrogen-bond acceptors (Lipinski definition) is 3. The van der Waals surface area contributed by atoms with Crippen LogP contribution in [0.25, 0.3) is 0 Å². The molecule has 0 saturated carbocycles. The summed E-state index contributed by atoms with van der Waals surface area (Å²) in [6, 6.07) is 5.84. The number of hydrogen-bond donors (Lipinski definition) is 2. The normalized spacial score (nSPS) is 10.4. The van der Waals surface area contributed by atoms with Crippen LogP contribution in [0.5, 0.6) is 0 Å². The minimum Gasteiger partial charge on any atom is -0.480 e. The zero-order chi connectivity index (χ0) is 12.2. The van der Waals surface area contributed by atoms with Crippen LogP contribution in [0.4, 0.5) is 5.69 Å². The summed E-state index contributed by atoms with van der Waals surface area (Å²) in [5.74, 6) is -0.272. The lowest BCUT2D eigenvalue weighted by Crippen LogP contribution is -2.22. The molecule has 0 spiro atoms. The number of sulfonamides is 1. The first-order valence-electron chi connectivity index (χ1n) is 4.18. The van der Waals surface area contributed by atoms with Crippen LogP contribution in [0.1, 0.15) is 5.56 Å². The van der Waals surface area contributed by atoms with E-state index in [0.717, 1.165) is 0 Å². The van der Waals surface area contributed by atoms with E-state index in [1.165, 1.54) is 24.3 Å². The van der Waals surface area contributed by atoms with E-state index in [1.54, 1.807) is 0 Å². The number of carboxylic acid groups (broad SMARTS) is 1. The minimum atomic E-state index is -3.87. The van der Waals surface area contributed by atoms with Crippen molar-refractivity contribution in [3.63, 3.8) is 0 Å². The molecule has 1 rings (SSSR count). The lowest BCUT2D eigenvalue weighted by Gasteiger charge is -2.05. The molecule has 2 N–H and O–H groups in total. The molecule has 0 saturated heterocycles.